The summed E-state index contributed by atoms with van der Waals surface area (Å²) >= 11 is 0. The molecule has 0 atom stereocenters. The van der Waals surface area contributed by atoms with E-state index in [1.807, 2.05) is 0 Å². The second kappa shape index (κ2) is 4.08. The van der Waals surface area contributed by atoms with Crippen molar-refractivity contribution in [1.82, 2.24) is 4.90 Å². The fraction of sp³-hybridized carbons (Fsp3) is 1.00. The SMILES string of the molecule is C1CCC(CCN2CC3(CCC3)C2)CC1. The third kappa shape index (κ3) is 2.08. The van der Waals surface area contributed by atoms with Crippen LogP contribution in [0.3, 0.4) is 0 Å². The third-order valence-electron chi connectivity index (χ3n) is 5.11. The number of hydrogen-bond donors (Lipinski definition) is 0. The number of likely N-dealkylation sites (tertiary alicyclic amines) is 1. The van der Waals surface area contributed by atoms with Crippen molar-refractivity contribution in [2.45, 2.75) is 57.8 Å². The molecule has 3 rings (SSSR count). The van der Waals surface area contributed by atoms with Gasteiger partial charge in [-0.3, -0.25) is 0 Å². The Kier molecular flexibility index (Phi) is 2.76. The molecule has 1 aliphatic heterocycles. The first kappa shape index (κ1) is 10.1. The zero-order valence-corrected chi connectivity index (χ0v) is 10.0. The van der Waals surface area contributed by atoms with Gasteiger partial charge in [0.15, 0.2) is 0 Å². The Bertz CT molecular complexity index is 205. The quantitative estimate of drug-likeness (QED) is 0.685. The van der Waals surface area contributed by atoms with Crippen molar-refractivity contribution >= 4 is 0 Å². The summed E-state index contributed by atoms with van der Waals surface area (Å²) in [6, 6.07) is 0. The lowest BCUT2D eigenvalue weighted by Gasteiger charge is -2.56. The molecule has 2 aliphatic carbocycles. The van der Waals surface area contributed by atoms with E-state index < -0.39 is 0 Å². The molecule has 0 radical (unpaired) electrons. The predicted octanol–water partition coefficient (Wildman–Crippen LogP) is 3.44. The van der Waals surface area contributed by atoms with Crippen LogP contribution in [0.4, 0.5) is 0 Å². The molecule has 86 valence electrons. The van der Waals surface area contributed by atoms with Crippen LogP contribution in [0.15, 0.2) is 0 Å². The summed E-state index contributed by atoms with van der Waals surface area (Å²) in [6.07, 6.45) is 13.6. The molecule has 0 unspecified atom stereocenters. The topological polar surface area (TPSA) is 3.24 Å². The Morgan fingerprint density at radius 2 is 1.67 bits per heavy atom. The summed E-state index contributed by atoms with van der Waals surface area (Å²) in [5.41, 5.74) is 0.840. The minimum Gasteiger partial charge on any atom is -0.302 e. The Morgan fingerprint density at radius 3 is 2.27 bits per heavy atom. The molecule has 0 N–H and O–H groups in total. The van der Waals surface area contributed by atoms with E-state index >= 15 is 0 Å². The van der Waals surface area contributed by atoms with Crippen LogP contribution >= 0.6 is 0 Å². The van der Waals surface area contributed by atoms with Gasteiger partial charge in [0.1, 0.15) is 0 Å². The first-order valence-corrected chi connectivity index (χ1v) is 7.09. The monoisotopic (exact) mass is 207 g/mol. The maximum absolute atomic E-state index is 2.72. The molecule has 2 saturated carbocycles. The molecule has 3 fully saturated rings. The lowest BCUT2D eigenvalue weighted by atomic mass is 9.63. The molecule has 0 aromatic carbocycles. The molecule has 15 heavy (non-hydrogen) atoms. The summed E-state index contributed by atoms with van der Waals surface area (Å²) in [4.78, 5) is 2.72. The molecule has 0 aromatic heterocycles. The second-order valence-electron chi connectivity index (χ2n) is 6.36. The average Bonchev–Trinajstić information content (AvgIpc) is 2.15. The van der Waals surface area contributed by atoms with Gasteiger partial charge in [-0.25, -0.2) is 0 Å². The van der Waals surface area contributed by atoms with Gasteiger partial charge >= 0.3 is 0 Å². The third-order valence-corrected chi connectivity index (χ3v) is 5.11. The van der Waals surface area contributed by atoms with Gasteiger partial charge in [-0.2, -0.15) is 0 Å². The normalized spacial score (nSPS) is 31.2. The van der Waals surface area contributed by atoms with Crippen molar-refractivity contribution in [3.63, 3.8) is 0 Å². The Balaban J connectivity index is 1.33. The summed E-state index contributed by atoms with van der Waals surface area (Å²) in [5, 5.41) is 0. The fourth-order valence-corrected chi connectivity index (χ4v) is 3.89. The Morgan fingerprint density at radius 1 is 0.933 bits per heavy atom. The standard InChI is InChI=1S/C14H25N/c1-2-5-13(6-3-1)7-10-15-11-14(12-15)8-4-9-14/h13H,1-12H2. The summed E-state index contributed by atoms with van der Waals surface area (Å²) in [5.74, 6) is 1.08. The minimum atomic E-state index is 0.840. The number of rotatable bonds is 3. The smallest absolute Gasteiger partial charge is 0.00505 e. The van der Waals surface area contributed by atoms with Crippen LogP contribution in [0.1, 0.15) is 57.8 Å². The predicted molar refractivity (Wildman–Crippen MR) is 63.9 cm³/mol. The molecule has 1 saturated heterocycles. The van der Waals surface area contributed by atoms with Crippen molar-refractivity contribution in [2.75, 3.05) is 19.6 Å². The van der Waals surface area contributed by atoms with Gasteiger partial charge < -0.3 is 4.90 Å². The van der Waals surface area contributed by atoms with Crippen molar-refractivity contribution in [3.05, 3.63) is 0 Å². The van der Waals surface area contributed by atoms with E-state index in [0.717, 1.165) is 11.3 Å². The van der Waals surface area contributed by atoms with Gasteiger partial charge in [0, 0.05) is 13.1 Å². The number of nitrogens with zero attached hydrogens (tertiary/aromatic N) is 1. The molecule has 1 spiro atoms. The maximum Gasteiger partial charge on any atom is 0.00505 e. The Labute approximate surface area is 94.2 Å². The maximum atomic E-state index is 2.72. The lowest BCUT2D eigenvalue weighted by Crippen LogP contribution is -2.59. The fourth-order valence-electron chi connectivity index (χ4n) is 3.89. The highest BCUT2D eigenvalue weighted by atomic mass is 15.2. The van der Waals surface area contributed by atoms with Crippen LogP contribution in [0, 0.1) is 11.3 Å². The van der Waals surface area contributed by atoms with E-state index in [4.69, 9.17) is 0 Å². The van der Waals surface area contributed by atoms with Crippen molar-refractivity contribution < 1.29 is 0 Å². The van der Waals surface area contributed by atoms with Crippen molar-refractivity contribution in [1.29, 1.82) is 0 Å². The van der Waals surface area contributed by atoms with Gasteiger partial charge in [0.2, 0.25) is 0 Å². The van der Waals surface area contributed by atoms with Gasteiger partial charge in [0.25, 0.3) is 0 Å². The highest BCUT2D eigenvalue weighted by Gasteiger charge is 2.46. The van der Waals surface area contributed by atoms with Crippen molar-refractivity contribution in [3.8, 4) is 0 Å². The van der Waals surface area contributed by atoms with Gasteiger partial charge in [0.05, 0.1) is 0 Å². The Hall–Kier alpha value is -0.0400. The zero-order valence-electron chi connectivity index (χ0n) is 10.0. The van der Waals surface area contributed by atoms with E-state index in [1.165, 1.54) is 77.4 Å². The summed E-state index contributed by atoms with van der Waals surface area (Å²) in [6.45, 7) is 4.30. The molecule has 1 heterocycles. The molecule has 1 heteroatoms. The highest BCUT2D eigenvalue weighted by molar-refractivity contribution is 5.00. The summed E-state index contributed by atoms with van der Waals surface area (Å²) in [7, 11) is 0. The molecular weight excluding hydrogens is 182 g/mol. The van der Waals surface area contributed by atoms with E-state index in [2.05, 4.69) is 4.90 Å². The van der Waals surface area contributed by atoms with Crippen LogP contribution in [0.5, 0.6) is 0 Å². The first-order chi connectivity index (χ1) is 7.36. The van der Waals surface area contributed by atoms with Gasteiger partial charge in [-0.15, -0.1) is 0 Å². The van der Waals surface area contributed by atoms with Gasteiger partial charge in [-0.05, 0) is 37.1 Å². The van der Waals surface area contributed by atoms with Crippen LogP contribution in [0.2, 0.25) is 0 Å². The molecule has 0 bridgehead atoms. The van der Waals surface area contributed by atoms with E-state index in [9.17, 15) is 0 Å². The highest BCUT2D eigenvalue weighted by Crippen LogP contribution is 2.48. The molecular formula is C14H25N. The van der Waals surface area contributed by atoms with E-state index in [-0.39, 0.29) is 0 Å². The van der Waals surface area contributed by atoms with Crippen LogP contribution in [0.25, 0.3) is 0 Å². The van der Waals surface area contributed by atoms with Crippen molar-refractivity contribution in [2.24, 2.45) is 11.3 Å². The lowest BCUT2D eigenvalue weighted by molar-refractivity contribution is -0.0620. The van der Waals surface area contributed by atoms with Crippen LogP contribution in [-0.4, -0.2) is 24.5 Å². The largest absolute Gasteiger partial charge is 0.302 e. The van der Waals surface area contributed by atoms with E-state index in [0.29, 0.717) is 0 Å². The van der Waals surface area contributed by atoms with Gasteiger partial charge in [-0.1, -0.05) is 38.5 Å². The van der Waals surface area contributed by atoms with Crippen LogP contribution < -0.4 is 0 Å². The molecule has 0 amide bonds. The summed E-state index contributed by atoms with van der Waals surface area (Å²) < 4.78 is 0. The van der Waals surface area contributed by atoms with E-state index in [1.54, 1.807) is 0 Å². The molecule has 1 nitrogen and oxygen atoms in total. The molecule has 0 aromatic rings. The molecule has 3 aliphatic rings. The second-order valence-corrected chi connectivity index (χ2v) is 6.36. The number of hydrogen-bond acceptors (Lipinski definition) is 1. The van der Waals surface area contributed by atoms with Crippen LogP contribution in [-0.2, 0) is 0 Å². The zero-order chi connectivity index (χ0) is 10.1. The minimum absolute atomic E-state index is 0.840. The average molecular weight is 207 g/mol. The first-order valence-electron chi connectivity index (χ1n) is 7.09.